The van der Waals surface area contributed by atoms with Crippen LogP contribution >= 0.6 is 11.6 Å². The van der Waals surface area contributed by atoms with Gasteiger partial charge < -0.3 is 14.6 Å². The van der Waals surface area contributed by atoms with Crippen molar-refractivity contribution in [2.45, 2.75) is 13.0 Å². The maximum absolute atomic E-state index is 13.0. The molecule has 0 N–H and O–H groups in total. The van der Waals surface area contributed by atoms with Crippen molar-refractivity contribution in [1.29, 1.82) is 0 Å². The van der Waals surface area contributed by atoms with Gasteiger partial charge in [-0.1, -0.05) is 23.7 Å². The lowest BCUT2D eigenvalue weighted by atomic mass is 10.0. The van der Waals surface area contributed by atoms with Gasteiger partial charge in [0.15, 0.2) is 0 Å². The first-order chi connectivity index (χ1) is 12.5. The third-order valence-electron chi connectivity index (χ3n) is 3.76. The second-order valence-electron chi connectivity index (χ2n) is 5.71. The molecule has 0 atom stereocenters. The molecule has 0 saturated heterocycles. The molecule has 0 unspecified atom stereocenters. The molecular weight excluding hydrogens is 357 g/mol. The van der Waals surface area contributed by atoms with Crippen LogP contribution in [0.25, 0.3) is 0 Å². The van der Waals surface area contributed by atoms with Gasteiger partial charge in [0.1, 0.15) is 18.2 Å². The largest absolute Gasteiger partial charge is 0.545 e. The van der Waals surface area contributed by atoms with E-state index in [0.717, 1.165) is 11.1 Å². The summed E-state index contributed by atoms with van der Waals surface area (Å²) < 4.78 is 18.8. The zero-order valence-electron chi connectivity index (χ0n) is 13.6. The van der Waals surface area contributed by atoms with E-state index in [-0.39, 0.29) is 18.0 Å². The Morgan fingerprint density at radius 2 is 1.85 bits per heavy atom. The third kappa shape index (κ3) is 4.58. The number of aromatic nitrogens is 1. The topological polar surface area (TPSA) is 62.2 Å². The number of halogens is 2. The van der Waals surface area contributed by atoms with E-state index >= 15 is 0 Å². The van der Waals surface area contributed by atoms with Gasteiger partial charge >= 0.3 is 0 Å². The van der Waals surface area contributed by atoms with Gasteiger partial charge in [0, 0.05) is 35.0 Å². The molecule has 1 heterocycles. The van der Waals surface area contributed by atoms with E-state index in [1.54, 1.807) is 36.5 Å². The lowest BCUT2D eigenvalue weighted by molar-refractivity contribution is -0.255. The van der Waals surface area contributed by atoms with Gasteiger partial charge in [0.05, 0.1) is 5.97 Å². The average molecular weight is 371 g/mol. The predicted octanol–water partition coefficient (Wildman–Crippen LogP) is 3.41. The number of nitrogens with zero attached hydrogens (tertiary/aromatic N) is 1. The van der Waals surface area contributed by atoms with Crippen LogP contribution in [0.5, 0.6) is 5.75 Å². The predicted molar refractivity (Wildman–Crippen MR) is 93.6 cm³/mol. The molecule has 0 spiro atoms. The van der Waals surface area contributed by atoms with Crippen LogP contribution < -0.4 is 9.84 Å². The van der Waals surface area contributed by atoms with Crippen LogP contribution in [0.2, 0.25) is 5.02 Å². The summed E-state index contributed by atoms with van der Waals surface area (Å²) in [6.45, 7) is 0.270. The van der Waals surface area contributed by atoms with Gasteiger partial charge in [-0.25, -0.2) is 4.39 Å². The van der Waals surface area contributed by atoms with E-state index in [1.807, 2.05) is 0 Å². The Hall–Kier alpha value is -2.92. The Balaban J connectivity index is 1.80. The van der Waals surface area contributed by atoms with Crippen LogP contribution in [-0.4, -0.2) is 11.0 Å². The summed E-state index contributed by atoms with van der Waals surface area (Å²) in [6, 6.07) is 12.8. The molecule has 0 amide bonds. The SMILES string of the molecule is O=C([O-])c1cncc(Cc2cc(Cl)ccc2OCc2ccc(F)cc2)c1. The highest BCUT2D eigenvalue weighted by molar-refractivity contribution is 6.30. The lowest BCUT2D eigenvalue weighted by Crippen LogP contribution is -2.22. The summed E-state index contributed by atoms with van der Waals surface area (Å²) >= 11 is 6.08. The van der Waals surface area contributed by atoms with Crippen LogP contribution in [0, 0.1) is 5.82 Å². The van der Waals surface area contributed by atoms with E-state index in [0.29, 0.717) is 22.8 Å². The second-order valence-corrected chi connectivity index (χ2v) is 6.15. The molecule has 0 bridgehead atoms. The smallest absolute Gasteiger partial charge is 0.123 e. The number of carboxylic acid groups (broad SMARTS) is 1. The van der Waals surface area contributed by atoms with E-state index in [2.05, 4.69) is 4.98 Å². The van der Waals surface area contributed by atoms with Gasteiger partial charge in [-0.05, 0) is 47.5 Å². The van der Waals surface area contributed by atoms with Crippen molar-refractivity contribution < 1.29 is 19.0 Å². The summed E-state index contributed by atoms with van der Waals surface area (Å²) in [4.78, 5) is 14.9. The monoisotopic (exact) mass is 370 g/mol. The fourth-order valence-corrected chi connectivity index (χ4v) is 2.68. The molecule has 4 nitrogen and oxygen atoms in total. The summed E-state index contributed by atoms with van der Waals surface area (Å²) in [5.74, 6) is -0.975. The van der Waals surface area contributed by atoms with E-state index in [1.165, 1.54) is 24.4 Å². The number of carboxylic acids is 1. The Morgan fingerprint density at radius 1 is 1.08 bits per heavy atom. The minimum atomic E-state index is -1.28. The van der Waals surface area contributed by atoms with Crippen LogP contribution in [0.3, 0.4) is 0 Å². The van der Waals surface area contributed by atoms with Crippen LogP contribution in [0.4, 0.5) is 4.39 Å². The first-order valence-electron chi connectivity index (χ1n) is 7.82. The molecule has 132 valence electrons. The number of rotatable bonds is 6. The summed E-state index contributed by atoms with van der Waals surface area (Å²) in [5, 5.41) is 11.5. The van der Waals surface area contributed by atoms with E-state index in [4.69, 9.17) is 16.3 Å². The number of benzene rings is 2. The standard InChI is InChI=1S/C20H15ClFNO3/c21-17-3-6-19(26-12-13-1-4-18(22)5-2-13)15(9-17)7-14-8-16(20(24)25)11-23-10-14/h1-6,8-11H,7,12H2,(H,24,25)/p-1. The van der Waals surface area contributed by atoms with Gasteiger partial charge in [-0.2, -0.15) is 0 Å². The molecule has 0 fully saturated rings. The van der Waals surface area contributed by atoms with Crippen molar-refractivity contribution in [3.05, 3.63) is 94.0 Å². The summed E-state index contributed by atoms with van der Waals surface area (Å²) in [5.41, 5.74) is 2.32. The van der Waals surface area contributed by atoms with Crippen LogP contribution in [-0.2, 0) is 13.0 Å². The maximum Gasteiger partial charge on any atom is 0.123 e. The Kier molecular flexibility index (Phi) is 5.49. The van der Waals surface area contributed by atoms with Crippen molar-refractivity contribution in [1.82, 2.24) is 4.98 Å². The molecule has 0 aliphatic heterocycles. The number of pyridine rings is 1. The van der Waals surface area contributed by atoms with Crippen molar-refractivity contribution in [2.75, 3.05) is 0 Å². The summed E-state index contributed by atoms with van der Waals surface area (Å²) in [6.07, 6.45) is 3.22. The fraction of sp³-hybridized carbons (Fsp3) is 0.100. The molecule has 2 aromatic carbocycles. The molecule has 0 aliphatic carbocycles. The number of carbonyl (C=O) groups is 1. The number of aromatic carboxylic acids is 1. The van der Waals surface area contributed by atoms with Crippen LogP contribution in [0.1, 0.15) is 27.0 Å². The minimum absolute atomic E-state index is 0.0123. The molecule has 3 aromatic rings. The molecule has 3 rings (SSSR count). The zero-order valence-corrected chi connectivity index (χ0v) is 14.4. The fourth-order valence-electron chi connectivity index (χ4n) is 2.48. The van der Waals surface area contributed by atoms with Crippen molar-refractivity contribution in [3.8, 4) is 5.75 Å². The quantitative estimate of drug-likeness (QED) is 0.667. The number of hydrogen-bond acceptors (Lipinski definition) is 4. The van der Waals surface area contributed by atoms with E-state index in [9.17, 15) is 14.3 Å². The van der Waals surface area contributed by atoms with Crippen LogP contribution in [0.15, 0.2) is 60.9 Å². The molecule has 0 radical (unpaired) electrons. The van der Waals surface area contributed by atoms with Gasteiger partial charge in [0.2, 0.25) is 0 Å². The van der Waals surface area contributed by atoms with Crippen molar-refractivity contribution in [3.63, 3.8) is 0 Å². The molecular formula is C20H14ClFNO3-. The zero-order chi connectivity index (χ0) is 18.5. The van der Waals surface area contributed by atoms with Crippen molar-refractivity contribution in [2.24, 2.45) is 0 Å². The molecule has 26 heavy (non-hydrogen) atoms. The Bertz CT molecular complexity index is 929. The van der Waals surface area contributed by atoms with Gasteiger partial charge in [-0.15, -0.1) is 0 Å². The first-order valence-corrected chi connectivity index (χ1v) is 8.20. The van der Waals surface area contributed by atoms with E-state index < -0.39 is 5.97 Å². The number of ether oxygens (including phenoxy) is 1. The average Bonchev–Trinajstić information content (AvgIpc) is 2.63. The highest BCUT2D eigenvalue weighted by Gasteiger charge is 2.08. The Labute approximate surface area is 154 Å². The Morgan fingerprint density at radius 3 is 2.58 bits per heavy atom. The normalized spacial score (nSPS) is 10.5. The third-order valence-corrected chi connectivity index (χ3v) is 3.99. The number of carbonyl (C=O) groups excluding carboxylic acids is 1. The highest BCUT2D eigenvalue weighted by atomic mass is 35.5. The first kappa shape index (κ1) is 17.9. The highest BCUT2D eigenvalue weighted by Crippen LogP contribution is 2.26. The molecule has 1 aromatic heterocycles. The maximum atomic E-state index is 13.0. The minimum Gasteiger partial charge on any atom is -0.545 e. The van der Waals surface area contributed by atoms with Gasteiger partial charge in [0.25, 0.3) is 0 Å². The second kappa shape index (κ2) is 7.97. The molecule has 0 saturated carbocycles. The molecule has 6 heteroatoms. The van der Waals surface area contributed by atoms with Gasteiger partial charge in [-0.3, -0.25) is 4.98 Å². The number of hydrogen-bond donors (Lipinski definition) is 0. The lowest BCUT2D eigenvalue weighted by Gasteiger charge is -2.13. The van der Waals surface area contributed by atoms with Crippen molar-refractivity contribution >= 4 is 17.6 Å². The summed E-state index contributed by atoms with van der Waals surface area (Å²) in [7, 11) is 0. The molecule has 0 aliphatic rings.